The predicted molar refractivity (Wildman–Crippen MR) is 73.5 cm³/mol. The monoisotopic (exact) mass is 255 g/mol. The molecule has 88 valence electrons. The Bertz CT molecular complexity index is 367. The van der Waals surface area contributed by atoms with Gasteiger partial charge in [0.1, 0.15) is 0 Å². The molecule has 2 unspecified atom stereocenters. The minimum Gasteiger partial charge on any atom is -0.307 e. The first-order chi connectivity index (χ1) is 7.70. The molecular weight excluding hydrogens is 238 g/mol. The molecule has 1 aliphatic rings. The minimum atomic E-state index is 0.523. The second-order valence-electron chi connectivity index (χ2n) is 4.46. The Balaban J connectivity index is 2.06. The molecule has 1 aromatic carbocycles. The Morgan fingerprint density at radius 1 is 1.56 bits per heavy atom. The number of nitrogens with one attached hydrogen (secondary N) is 1. The van der Waals surface area contributed by atoms with Gasteiger partial charge in [0, 0.05) is 22.9 Å². The maximum atomic E-state index is 6.00. The lowest BCUT2D eigenvalue weighted by molar-refractivity contribution is 0.479. The van der Waals surface area contributed by atoms with E-state index in [9.17, 15) is 0 Å². The number of halogens is 1. The van der Waals surface area contributed by atoms with Gasteiger partial charge in [-0.2, -0.15) is 11.8 Å². The van der Waals surface area contributed by atoms with Gasteiger partial charge in [-0.3, -0.25) is 0 Å². The van der Waals surface area contributed by atoms with E-state index in [2.05, 4.69) is 30.6 Å². The summed E-state index contributed by atoms with van der Waals surface area (Å²) >= 11 is 7.90. The highest BCUT2D eigenvalue weighted by Gasteiger charge is 2.23. The van der Waals surface area contributed by atoms with E-state index in [0.29, 0.717) is 12.1 Å². The van der Waals surface area contributed by atoms with Gasteiger partial charge in [0.05, 0.1) is 0 Å². The highest BCUT2D eigenvalue weighted by Crippen LogP contribution is 2.33. The predicted octanol–water partition coefficient (Wildman–Crippen LogP) is 3.67. The maximum Gasteiger partial charge on any atom is 0.0408 e. The lowest BCUT2D eigenvalue weighted by Crippen LogP contribution is -2.31. The first-order valence-electron chi connectivity index (χ1n) is 5.74. The van der Waals surface area contributed by atoms with Crippen LogP contribution in [0.2, 0.25) is 5.02 Å². The zero-order valence-corrected chi connectivity index (χ0v) is 11.4. The molecule has 0 spiro atoms. The lowest BCUT2D eigenvalue weighted by Gasteiger charge is -2.19. The van der Waals surface area contributed by atoms with E-state index >= 15 is 0 Å². The third-order valence-corrected chi connectivity index (χ3v) is 4.15. The SMILES string of the molecule is CSCC(C)NC1CCc2cc(Cl)ccc21. The Hall–Kier alpha value is -0.180. The molecule has 1 aromatic rings. The summed E-state index contributed by atoms with van der Waals surface area (Å²) in [4.78, 5) is 0. The highest BCUT2D eigenvalue weighted by molar-refractivity contribution is 7.98. The Labute approximate surface area is 107 Å². The smallest absolute Gasteiger partial charge is 0.0408 e. The molecule has 0 saturated carbocycles. The summed E-state index contributed by atoms with van der Waals surface area (Å²) in [6.07, 6.45) is 4.51. The molecule has 1 aliphatic carbocycles. The van der Waals surface area contributed by atoms with E-state index in [1.807, 2.05) is 17.8 Å². The summed E-state index contributed by atoms with van der Waals surface area (Å²) in [5.41, 5.74) is 2.86. The van der Waals surface area contributed by atoms with Crippen LogP contribution in [0.15, 0.2) is 18.2 Å². The fraction of sp³-hybridized carbons (Fsp3) is 0.538. The zero-order chi connectivity index (χ0) is 11.5. The molecule has 0 amide bonds. The highest BCUT2D eigenvalue weighted by atomic mass is 35.5. The molecule has 0 heterocycles. The third kappa shape index (κ3) is 2.73. The van der Waals surface area contributed by atoms with Gasteiger partial charge in [-0.05, 0) is 49.3 Å². The van der Waals surface area contributed by atoms with Crippen molar-refractivity contribution in [3.05, 3.63) is 34.3 Å². The minimum absolute atomic E-state index is 0.523. The Morgan fingerprint density at radius 2 is 2.38 bits per heavy atom. The molecule has 0 saturated heterocycles. The van der Waals surface area contributed by atoms with Crippen LogP contribution in [0, 0.1) is 0 Å². The van der Waals surface area contributed by atoms with Crippen molar-refractivity contribution < 1.29 is 0 Å². The van der Waals surface area contributed by atoms with Crippen LogP contribution < -0.4 is 5.32 Å². The van der Waals surface area contributed by atoms with Gasteiger partial charge in [0.2, 0.25) is 0 Å². The molecule has 2 atom stereocenters. The number of fused-ring (bicyclic) bond motifs is 1. The molecule has 3 heteroatoms. The van der Waals surface area contributed by atoms with Gasteiger partial charge in [0.25, 0.3) is 0 Å². The summed E-state index contributed by atoms with van der Waals surface area (Å²) in [5.74, 6) is 1.17. The summed E-state index contributed by atoms with van der Waals surface area (Å²) in [7, 11) is 0. The number of rotatable bonds is 4. The quantitative estimate of drug-likeness (QED) is 0.881. The summed E-state index contributed by atoms with van der Waals surface area (Å²) in [6.45, 7) is 2.25. The number of benzene rings is 1. The van der Waals surface area contributed by atoms with Gasteiger partial charge in [-0.15, -0.1) is 0 Å². The van der Waals surface area contributed by atoms with Crippen LogP contribution in [0.3, 0.4) is 0 Å². The van der Waals surface area contributed by atoms with Crippen molar-refractivity contribution in [1.29, 1.82) is 0 Å². The van der Waals surface area contributed by atoms with Gasteiger partial charge in [-0.25, -0.2) is 0 Å². The van der Waals surface area contributed by atoms with Crippen LogP contribution in [-0.4, -0.2) is 18.1 Å². The topological polar surface area (TPSA) is 12.0 Å². The molecule has 0 aliphatic heterocycles. The van der Waals surface area contributed by atoms with Gasteiger partial charge >= 0.3 is 0 Å². The Kier molecular flexibility index (Phi) is 4.17. The van der Waals surface area contributed by atoms with Crippen molar-refractivity contribution in [3.8, 4) is 0 Å². The molecule has 0 aromatic heterocycles. The molecule has 0 fully saturated rings. The number of hydrogen-bond acceptors (Lipinski definition) is 2. The van der Waals surface area contributed by atoms with Crippen LogP contribution in [0.1, 0.15) is 30.5 Å². The Morgan fingerprint density at radius 3 is 3.12 bits per heavy atom. The van der Waals surface area contributed by atoms with Gasteiger partial charge in [0.15, 0.2) is 0 Å². The van der Waals surface area contributed by atoms with Gasteiger partial charge in [-0.1, -0.05) is 17.7 Å². The number of hydrogen-bond donors (Lipinski definition) is 1. The molecule has 1 nitrogen and oxygen atoms in total. The molecular formula is C13H18ClNS. The fourth-order valence-electron chi connectivity index (χ4n) is 2.40. The molecule has 0 bridgehead atoms. The molecule has 0 radical (unpaired) electrons. The van der Waals surface area contributed by atoms with E-state index in [0.717, 1.165) is 11.4 Å². The van der Waals surface area contributed by atoms with Crippen LogP contribution in [0.5, 0.6) is 0 Å². The van der Waals surface area contributed by atoms with Crippen molar-refractivity contribution in [1.82, 2.24) is 5.32 Å². The normalized spacial score (nSPS) is 20.8. The summed E-state index contributed by atoms with van der Waals surface area (Å²) < 4.78 is 0. The molecule has 2 rings (SSSR count). The van der Waals surface area contributed by atoms with Crippen molar-refractivity contribution >= 4 is 23.4 Å². The maximum absolute atomic E-state index is 6.00. The largest absolute Gasteiger partial charge is 0.307 e. The second-order valence-corrected chi connectivity index (χ2v) is 5.80. The van der Waals surface area contributed by atoms with E-state index in [-0.39, 0.29) is 0 Å². The van der Waals surface area contributed by atoms with Crippen LogP contribution in [0.25, 0.3) is 0 Å². The van der Waals surface area contributed by atoms with E-state index < -0.39 is 0 Å². The number of aryl methyl sites for hydroxylation is 1. The fourth-order valence-corrected chi connectivity index (χ4v) is 3.19. The van der Waals surface area contributed by atoms with Crippen LogP contribution in [-0.2, 0) is 6.42 Å². The van der Waals surface area contributed by atoms with E-state index in [4.69, 9.17) is 11.6 Å². The lowest BCUT2D eigenvalue weighted by atomic mass is 10.1. The third-order valence-electron chi connectivity index (χ3n) is 3.09. The van der Waals surface area contributed by atoms with Crippen molar-refractivity contribution in [2.24, 2.45) is 0 Å². The summed E-state index contributed by atoms with van der Waals surface area (Å²) in [5, 5.41) is 4.55. The van der Waals surface area contributed by atoms with E-state index in [1.54, 1.807) is 0 Å². The average molecular weight is 256 g/mol. The van der Waals surface area contributed by atoms with Crippen molar-refractivity contribution in [2.75, 3.05) is 12.0 Å². The van der Waals surface area contributed by atoms with E-state index in [1.165, 1.54) is 23.3 Å². The molecule has 1 N–H and O–H groups in total. The van der Waals surface area contributed by atoms with Crippen LogP contribution in [0.4, 0.5) is 0 Å². The van der Waals surface area contributed by atoms with Crippen molar-refractivity contribution in [2.45, 2.75) is 31.8 Å². The molecule has 16 heavy (non-hydrogen) atoms. The first-order valence-corrected chi connectivity index (χ1v) is 7.51. The zero-order valence-electron chi connectivity index (χ0n) is 9.79. The standard InChI is InChI=1S/C13H18ClNS/c1-9(8-16-2)15-13-6-3-10-7-11(14)4-5-12(10)13/h4-5,7,9,13,15H,3,6,8H2,1-2H3. The van der Waals surface area contributed by atoms with Crippen molar-refractivity contribution in [3.63, 3.8) is 0 Å². The van der Waals surface area contributed by atoms with Gasteiger partial charge < -0.3 is 5.32 Å². The first kappa shape index (κ1) is 12.3. The average Bonchev–Trinajstić information content (AvgIpc) is 2.61. The summed E-state index contributed by atoms with van der Waals surface area (Å²) in [6, 6.07) is 7.38. The van der Waals surface area contributed by atoms with Crippen LogP contribution >= 0.6 is 23.4 Å². The number of thioether (sulfide) groups is 1. The second kappa shape index (κ2) is 5.44.